The van der Waals surface area contributed by atoms with Crippen molar-refractivity contribution in [3.8, 4) is 11.1 Å². The number of carbonyl (C=O) groups is 2. The molecule has 2 amide bonds. The zero-order valence-corrected chi connectivity index (χ0v) is 26.3. The third-order valence-corrected chi connectivity index (χ3v) is 10.4. The lowest BCUT2D eigenvalue weighted by Gasteiger charge is -2.34. The van der Waals surface area contributed by atoms with Crippen LogP contribution in [0.2, 0.25) is 10.0 Å². The number of sulfonamides is 1. The Kier molecular flexibility index (Phi) is 7.95. The fourth-order valence-corrected chi connectivity index (χ4v) is 7.93. The SMILES string of the molecule is CCC(=O)N1CCN(S(=O)(=O)c2cnc3n2C(C)(Cc2ccc(-c4cncnc4)cc2)C(=O)N3c2cc(Cl)cc(Cl)c2)CC1. The molecule has 1 unspecified atom stereocenters. The molecule has 228 valence electrons. The van der Waals surface area contributed by atoms with Crippen LogP contribution in [0, 0.1) is 0 Å². The molecule has 4 heterocycles. The summed E-state index contributed by atoms with van der Waals surface area (Å²) in [4.78, 5) is 42.2. The van der Waals surface area contributed by atoms with E-state index in [1.807, 2.05) is 24.3 Å². The van der Waals surface area contributed by atoms with Gasteiger partial charge in [0.05, 0.1) is 11.9 Å². The van der Waals surface area contributed by atoms with Crippen LogP contribution in [0.5, 0.6) is 0 Å². The van der Waals surface area contributed by atoms with Crippen LogP contribution in [-0.4, -0.2) is 75.1 Å². The van der Waals surface area contributed by atoms with Crippen molar-refractivity contribution in [2.45, 2.75) is 37.3 Å². The molecule has 1 fully saturated rings. The van der Waals surface area contributed by atoms with Crippen molar-refractivity contribution >= 4 is 56.7 Å². The number of rotatable bonds is 7. The molecular weight excluding hydrogens is 625 g/mol. The maximum absolute atomic E-state index is 14.4. The van der Waals surface area contributed by atoms with Gasteiger partial charge in [0.15, 0.2) is 5.03 Å². The van der Waals surface area contributed by atoms with Gasteiger partial charge in [-0.1, -0.05) is 54.4 Å². The molecule has 44 heavy (non-hydrogen) atoms. The molecule has 2 aliphatic heterocycles. The number of hydrogen-bond donors (Lipinski definition) is 0. The van der Waals surface area contributed by atoms with Gasteiger partial charge in [-0.25, -0.2) is 28.3 Å². The monoisotopic (exact) mass is 653 g/mol. The summed E-state index contributed by atoms with van der Waals surface area (Å²) in [5, 5.41) is 0.534. The third kappa shape index (κ3) is 5.25. The molecule has 2 aliphatic rings. The normalized spacial score (nSPS) is 19.0. The minimum atomic E-state index is -4.10. The number of piperazine rings is 1. The lowest BCUT2D eigenvalue weighted by molar-refractivity contribution is -0.132. The Morgan fingerprint density at radius 1 is 0.932 bits per heavy atom. The summed E-state index contributed by atoms with van der Waals surface area (Å²) in [5.74, 6) is -0.256. The predicted molar refractivity (Wildman–Crippen MR) is 166 cm³/mol. The standard InChI is InChI=1S/C30H29Cl2N7O4S/c1-3-26(40)36-8-10-37(11-9-36)44(42,43)27-18-35-29-38(25-13-23(31)12-24(32)14-25)28(41)30(2,39(27)29)15-20-4-6-21(7-5-20)22-16-33-19-34-17-22/h4-7,12-14,16-19H,3,8-11,15H2,1-2H3. The van der Waals surface area contributed by atoms with E-state index in [2.05, 4.69) is 15.0 Å². The maximum atomic E-state index is 14.4. The van der Waals surface area contributed by atoms with Crippen molar-refractivity contribution in [2.75, 3.05) is 31.1 Å². The van der Waals surface area contributed by atoms with E-state index >= 15 is 0 Å². The van der Waals surface area contributed by atoms with Crippen LogP contribution in [0.25, 0.3) is 11.1 Å². The lowest BCUT2D eigenvalue weighted by atomic mass is 9.91. The molecule has 0 spiro atoms. The van der Waals surface area contributed by atoms with Gasteiger partial charge in [-0.15, -0.1) is 0 Å². The predicted octanol–water partition coefficient (Wildman–Crippen LogP) is 4.53. The molecule has 0 N–H and O–H groups in total. The second kappa shape index (κ2) is 11.6. The number of amides is 2. The molecule has 0 radical (unpaired) electrons. The first kappa shape index (κ1) is 30.2. The quantitative estimate of drug-likeness (QED) is 0.287. The van der Waals surface area contributed by atoms with Crippen LogP contribution in [-0.2, 0) is 31.6 Å². The second-order valence-corrected chi connectivity index (χ2v) is 13.7. The second-order valence-electron chi connectivity index (χ2n) is 10.9. The highest BCUT2D eigenvalue weighted by Crippen LogP contribution is 2.45. The van der Waals surface area contributed by atoms with E-state index in [1.165, 1.54) is 26.3 Å². The van der Waals surface area contributed by atoms with Crippen molar-refractivity contribution in [1.29, 1.82) is 0 Å². The molecule has 2 aromatic carbocycles. The highest BCUT2D eigenvalue weighted by Gasteiger charge is 2.52. The van der Waals surface area contributed by atoms with Gasteiger partial charge in [0, 0.05) is 67.0 Å². The molecule has 4 aromatic rings. The Hall–Kier alpha value is -3.84. The summed E-state index contributed by atoms with van der Waals surface area (Å²) in [5.41, 5.74) is 1.55. The first-order chi connectivity index (χ1) is 21.0. The fourth-order valence-electron chi connectivity index (χ4n) is 5.81. The number of carbonyl (C=O) groups excluding carboxylic acids is 2. The van der Waals surface area contributed by atoms with Crippen LogP contribution in [0.3, 0.4) is 0 Å². The van der Waals surface area contributed by atoms with E-state index in [1.54, 1.807) is 49.3 Å². The van der Waals surface area contributed by atoms with Gasteiger partial charge in [0.2, 0.25) is 11.9 Å². The number of anilines is 2. The molecule has 0 saturated carbocycles. The Bertz CT molecular complexity index is 1820. The Morgan fingerprint density at radius 3 is 2.18 bits per heavy atom. The molecule has 11 nitrogen and oxygen atoms in total. The fraction of sp³-hybridized carbons (Fsp3) is 0.300. The summed E-state index contributed by atoms with van der Waals surface area (Å²) in [6, 6.07) is 12.3. The molecule has 14 heteroatoms. The van der Waals surface area contributed by atoms with Crippen LogP contribution < -0.4 is 4.90 Å². The Labute approximate surface area is 265 Å². The number of imidazole rings is 1. The Morgan fingerprint density at radius 2 is 1.57 bits per heavy atom. The smallest absolute Gasteiger partial charge is 0.260 e. The third-order valence-electron chi connectivity index (χ3n) is 8.07. The molecule has 1 saturated heterocycles. The van der Waals surface area contributed by atoms with E-state index in [4.69, 9.17) is 23.2 Å². The zero-order valence-electron chi connectivity index (χ0n) is 24.0. The van der Waals surface area contributed by atoms with Gasteiger partial charge in [-0.2, -0.15) is 4.31 Å². The van der Waals surface area contributed by atoms with Crippen molar-refractivity contribution in [1.82, 2.24) is 28.7 Å². The average molecular weight is 655 g/mol. The van der Waals surface area contributed by atoms with Crippen LogP contribution in [0.1, 0.15) is 25.8 Å². The molecule has 6 rings (SSSR count). The van der Waals surface area contributed by atoms with E-state index in [9.17, 15) is 18.0 Å². The number of benzene rings is 2. The lowest BCUT2D eigenvalue weighted by Crippen LogP contribution is -2.51. The van der Waals surface area contributed by atoms with E-state index in [0.717, 1.165) is 16.7 Å². The highest BCUT2D eigenvalue weighted by atomic mass is 35.5. The van der Waals surface area contributed by atoms with Crippen molar-refractivity contribution in [2.24, 2.45) is 0 Å². The summed E-state index contributed by atoms with van der Waals surface area (Å²) in [6.45, 7) is 4.34. The molecule has 0 bridgehead atoms. The highest BCUT2D eigenvalue weighted by molar-refractivity contribution is 7.89. The first-order valence-electron chi connectivity index (χ1n) is 14.0. The van der Waals surface area contributed by atoms with Crippen molar-refractivity contribution in [3.63, 3.8) is 0 Å². The van der Waals surface area contributed by atoms with Gasteiger partial charge in [0.25, 0.3) is 15.9 Å². The largest absolute Gasteiger partial charge is 0.340 e. The minimum Gasteiger partial charge on any atom is -0.340 e. The topological polar surface area (TPSA) is 122 Å². The van der Waals surface area contributed by atoms with E-state index in [-0.39, 0.29) is 55.4 Å². The van der Waals surface area contributed by atoms with Gasteiger partial charge < -0.3 is 4.90 Å². The average Bonchev–Trinajstić information content (AvgIpc) is 3.55. The number of fused-ring (bicyclic) bond motifs is 1. The van der Waals surface area contributed by atoms with Gasteiger partial charge in [-0.05, 0) is 36.2 Å². The summed E-state index contributed by atoms with van der Waals surface area (Å²) in [7, 11) is -4.10. The zero-order chi connectivity index (χ0) is 31.2. The molecule has 1 atom stereocenters. The van der Waals surface area contributed by atoms with E-state index < -0.39 is 15.6 Å². The van der Waals surface area contributed by atoms with Crippen LogP contribution >= 0.6 is 23.2 Å². The van der Waals surface area contributed by atoms with Gasteiger partial charge in [0.1, 0.15) is 11.9 Å². The van der Waals surface area contributed by atoms with E-state index in [0.29, 0.717) is 22.2 Å². The number of nitrogens with zero attached hydrogens (tertiary/aromatic N) is 7. The first-order valence-corrected chi connectivity index (χ1v) is 16.2. The number of hydrogen-bond acceptors (Lipinski definition) is 7. The summed E-state index contributed by atoms with van der Waals surface area (Å²) < 4.78 is 31.1. The molecule has 2 aromatic heterocycles. The minimum absolute atomic E-state index is 0.0212. The van der Waals surface area contributed by atoms with Gasteiger partial charge >= 0.3 is 0 Å². The summed E-state index contributed by atoms with van der Waals surface area (Å²) >= 11 is 12.6. The number of halogens is 2. The Balaban J connectivity index is 1.41. The summed E-state index contributed by atoms with van der Waals surface area (Å²) in [6.07, 6.45) is 6.70. The van der Waals surface area contributed by atoms with Gasteiger partial charge in [-0.3, -0.25) is 14.2 Å². The molecular formula is C30H29Cl2N7O4S. The van der Waals surface area contributed by atoms with Crippen LogP contribution in [0.15, 0.2) is 72.4 Å². The molecule has 0 aliphatic carbocycles. The van der Waals surface area contributed by atoms with Crippen molar-refractivity contribution < 1.29 is 18.0 Å². The maximum Gasteiger partial charge on any atom is 0.260 e. The number of aromatic nitrogens is 4. The van der Waals surface area contributed by atoms with Crippen LogP contribution in [0.4, 0.5) is 11.6 Å². The van der Waals surface area contributed by atoms with Crippen molar-refractivity contribution in [3.05, 3.63) is 83.0 Å².